The zero-order valence-electron chi connectivity index (χ0n) is 14.2. The van der Waals surface area contributed by atoms with Crippen molar-refractivity contribution in [3.05, 3.63) is 78.5 Å². The predicted octanol–water partition coefficient (Wildman–Crippen LogP) is 4.04. The number of non-ortho nitro benzene ring substituents is 1. The van der Waals surface area contributed by atoms with Gasteiger partial charge in [-0.2, -0.15) is 0 Å². The van der Waals surface area contributed by atoms with Crippen molar-refractivity contribution in [3.8, 4) is 0 Å². The Morgan fingerprint density at radius 2 is 2.11 bits per heavy atom. The van der Waals surface area contributed by atoms with Gasteiger partial charge in [-0.25, -0.2) is 0 Å². The third-order valence-corrected chi connectivity index (χ3v) is 5.18. The number of rotatable bonds is 3. The molecule has 0 aliphatic carbocycles. The number of nitro groups is 1. The van der Waals surface area contributed by atoms with E-state index in [0.29, 0.717) is 5.39 Å². The van der Waals surface area contributed by atoms with Gasteiger partial charge in [-0.15, -0.1) is 0 Å². The average molecular weight is 428 g/mol. The van der Waals surface area contributed by atoms with E-state index in [1.807, 2.05) is 17.6 Å². The maximum absolute atomic E-state index is 12.9. The number of anilines is 1. The van der Waals surface area contributed by atoms with E-state index < -0.39 is 10.8 Å². The van der Waals surface area contributed by atoms with Crippen LogP contribution in [0.25, 0.3) is 10.9 Å². The highest BCUT2D eigenvalue weighted by Gasteiger charge is 2.25. The number of benzene rings is 2. The monoisotopic (exact) mass is 427 g/mol. The van der Waals surface area contributed by atoms with Gasteiger partial charge in [0.1, 0.15) is 5.56 Å². The molecule has 8 heteroatoms. The quantitative estimate of drug-likeness (QED) is 0.503. The maximum Gasteiger partial charge on any atom is 0.271 e. The minimum atomic E-state index is -0.591. The van der Waals surface area contributed by atoms with Crippen molar-refractivity contribution in [2.24, 2.45) is 0 Å². The molecule has 0 spiro atoms. The molecule has 1 amide bonds. The molecule has 0 bridgehead atoms. The van der Waals surface area contributed by atoms with E-state index in [1.54, 1.807) is 18.3 Å². The molecule has 0 saturated heterocycles. The Labute approximate surface area is 161 Å². The van der Waals surface area contributed by atoms with E-state index in [0.717, 1.165) is 22.0 Å². The highest BCUT2D eigenvalue weighted by Crippen LogP contribution is 2.33. The van der Waals surface area contributed by atoms with Crippen molar-refractivity contribution in [2.45, 2.75) is 19.4 Å². The number of pyridine rings is 1. The van der Waals surface area contributed by atoms with Gasteiger partial charge in [0.15, 0.2) is 0 Å². The summed E-state index contributed by atoms with van der Waals surface area (Å²) >= 11 is 3.43. The first-order valence-corrected chi connectivity index (χ1v) is 9.07. The number of carbonyl (C=O) groups excluding carboxylic acids is 1. The molecule has 27 heavy (non-hydrogen) atoms. The number of aromatic nitrogens is 1. The van der Waals surface area contributed by atoms with Crippen LogP contribution in [0.15, 0.2) is 51.9 Å². The lowest BCUT2D eigenvalue weighted by atomic mass is 10.1. The van der Waals surface area contributed by atoms with Crippen LogP contribution in [0.4, 0.5) is 11.4 Å². The largest absolute Gasteiger partial charge is 0.343 e. The fourth-order valence-electron chi connectivity index (χ4n) is 3.52. The summed E-state index contributed by atoms with van der Waals surface area (Å²) in [4.78, 5) is 36.0. The summed E-state index contributed by atoms with van der Waals surface area (Å²) in [7, 11) is 0. The molecule has 0 saturated carbocycles. The molecule has 7 nitrogen and oxygen atoms in total. The second-order valence-corrected chi connectivity index (χ2v) is 7.47. The van der Waals surface area contributed by atoms with Gasteiger partial charge < -0.3 is 9.88 Å². The van der Waals surface area contributed by atoms with E-state index >= 15 is 0 Å². The summed E-state index contributed by atoms with van der Waals surface area (Å²) in [5.74, 6) is -0.591. The van der Waals surface area contributed by atoms with Gasteiger partial charge in [0.2, 0.25) is 5.43 Å². The first-order valence-electron chi connectivity index (χ1n) is 8.28. The summed E-state index contributed by atoms with van der Waals surface area (Å²) in [6.07, 6.45) is 2.36. The van der Waals surface area contributed by atoms with Crippen LogP contribution in [-0.2, 0) is 6.42 Å². The Bertz CT molecular complexity index is 1190. The second-order valence-electron chi connectivity index (χ2n) is 6.55. The van der Waals surface area contributed by atoms with Crippen molar-refractivity contribution >= 4 is 44.1 Å². The molecule has 0 radical (unpaired) electrons. The van der Waals surface area contributed by atoms with E-state index in [-0.39, 0.29) is 28.4 Å². The molecular weight excluding hydrogens is 414 g/mol. The van der Waals surface area contributed by atoms with Crippen LogP contribution in [0, 0.1) is 10.1 Å². The Morgan fingerprint density at radius 1 is 1.33 bits per heavy atom. The zero-order chi connectivity index (χ0) is 19.3. The topological polar surface area (TPSA) is 94.2 Å². The Morgan fingerprint density at radius 3 is 2.85 bits per heavy atom. The van der Waals surface area contributed by atoms with Gasteiger partial charge in [-0.1, -0.05) is 22.0 Å². The van der Waals surface area contributed by atoms with Crippen LogP contribution in [0.1, 0.15) is 28.9 Å². The minimum Gasteiger partial charge on any atom is -0.343 e. The van der Waals surface area contributed by atoms with Crippen LogP contribution < -0.4 is 10.7 Å². The van der Waals surface area contributed by atoms with Gasteiger partial charge >= 0.3 is 0 Å². The van der Waals surface area contributed by atoms with E-state index in [1.165, 1.54) is 18.2 Å². The van der Waals surface area contributed by atoms with Crippen molar-refractivity contribution in [3.63, 3.8) is 0 Å². The number of halogens is 1. The maximum atomic E-state index is 12.9. The molecule has 1 aliphatic rings. The summed E-state index contributed by atoms with van der Waals surface area (Å²) in [5.41, 5.74) is 1.69. The van der Waals surface area contributed by atoms with Gasteiger partial charge in [0.25, 0.3) is 11.6 Å². The highest BCUT2D eigenvalue weighted by atomic mass is 79.9. The molecule has 0 fully saturated rings. The summed E-state index contributed by atoms with van der Waals surface area (Å²) < 4.78 is 2.74. The highest BCUT2D eigenvalue weighted by molar-refractivity contribution is 9.10. The predicted molar refractivity (Wildman–Crippen MR) is 105 cm³/mol. The summed E-state index contributed by atoms with van der Waals surface area (Å²) in [6.45, 7) is 2.03. The lowest BCUT2D eigenvalue weighted by Crippen LogP contribution is -2.23. The van der Waals surface area contributed by atoms with Crippen molar-refractivity contribution in [1.82, 2.24) is 4.57 Å². The van der Waals surface area contributed by atoms with Gasteiger partial charge in [0.05, 0.1) is 10.4 Å². The number of nitrogens with one attached hydrogen (secondary N) is 1. The van der Waals surface area contributed by atoms with Gasteiger partial charge in [-0.05, 0) is 37.1 Å². The van der Waals surface area contributed by atoms with Crippen LogP contribution in [0.5, 0.6) is 0 Å². The van der Waals surface area contributed by atoms with Crippen LogP contribution in [-0.4, -0.2) is 15.4 Å². The third-order valence-electron chi connectivity index (χ3n) is 4.72. The first-order chi connectivity index (χ1) is 12.8. The molecule has 2 heterocycles. The van der Waals surface area contributed by atoms with E-state index in [4.69, 9.17) is 0 Å². The normalized spacial score (nSPS) is 15.1. The molecule has 3 aromatic rings. The molecule has 2 aromatic carbocycles. The van der Waals surface area contributed by atoms with Gasteiger partial charge in [-0.3, -0.25) is 19.7 Å². The molecule has 4 rings (SSSR count). The van der Waals surface area contributed by atoms with Crippen LogP contribution >= 0.6 is 15.9 Å². The Kier molecular flexibility index (Phi) is 4.07. The van der Waals surface area contributed by atoms with Crippen LogP contribution in [0.2, 0.25) is 0 Å². The Balaban J connectivity index is 1.80. The first kappa shape index (κ1) is 17.4. The summed E-state index contributed by atoms with van der Waals surface area (Å²) in [5, 5.41) is 14.0. The second kappa shape index (κ2) is 6.31. The fourth-order valence-corrected chi connectivity index (χ4v) is 4.02. The number of hydrogen-bond donors (Lipinski definition) is 1. The van der Waals surface area contributed by atoms with Crippen LogP contribution in [0.3, 0.4) is 0 Å². The van der Waals surface area contributed by atoms with Crippen molar-refractivity contribution in [2.75, 3.05) is 5.32 Å². The third kappa shape index (κ3) is 2.91. The number of nitrogens with zero attached hydrogens (tertiary/aromatic N) is 2. The molecule has 1 N–H and O–H groups in total. The van der Waals surface area contributed by atoms with Crippen molar-refractivity contribution in [1.29, 1.82) is 0 Å². The number of carbonyl (C=O) groups is 1. The average Bonchev–Trinajstić information content (AvgIpc) is 2.93. The summed E-state index contributed by atoms with van der Waals surface area (Å²) in [6, 6.07) is 9.45. The molecule has 1 aliphatic heterocycles. The number of hydrogen-bond acceptors (Lipinski definition) is 4. The van der Waals surface area contributed by atoms with E-state index in [9.17, 15) is 19.7 Å². The molecule has 136 valence electrons. The molecule has 1 aromatic heterocycles. The van der Waals surface area contributed by atoms with E-state index in [2.05, 4.69) is 21.2 Å². The standard InChI is InChI=1S/C19H14BrN3O4/c1-10-5-11-6-12(20)7-15-17(11)22(10)9-16(18(15)24)19(25)21-13-3-2-4-14(8-13)23(26)27/h2-4,6-10H,5H2,1H3,(H,21,25). The zero-order valence-corrected chi connectivity index (χ0v) is 15.8. The lowest BCUT2D eigenvalue weighted by Gasteiger charge is -2.13. The number of amides is 1. The smallest absolute Gasteiger partial charge is 0.271 e. The lowest BCUT2D eigenvalue weighted by molar-refractivity contribution is -0.384. The molecule has 1 atom stereocenters. The fraction of sp³-hybridized carbons (Fsp3) is 0.158. The molecule has 1 unspecified atom stereocenters. The van der Waals surface area contributed by atoms with Crippen molar-refractivity contribution < 1.29 is 9.72 Å². The van der Waals surface area contributed by atoms with Gasteiger partial charge in [0, 0.05) is 39.9 Å². The number of nitro benzene ring substituents is 1. The molecular formula is C19H14BrN3O4. The minimum absolute atomic E-state index is 0.00630. The Hall–Kier alpha value is -3.00. The SMILES string of the molecule is CC1Cc2cc(Br)cc3c(=O)c(C(=O)Nc4cccc([N+](=O)[O-])c4)cn1c23.